The SMILES string of the molecule is COc1ccc([C@@H](C)NC(=O)[C@@H]2[C@H]3C(=O)Nc4ccccc4C(=O)[C@@]32C)cc1OC. The molecule has 0 saturated heterocycles. The van der Waals surface area contributed by atoms with Crippen molar-refractivity contribution in [3.8, 4) is 11.5 Å². The number of Topliss-reactive ketones (excluding diaryl/α,β-unsaturated/α-hetero) is 1. The number of carbonyl (C=O) groups is 3. The third kappa shape index (κ3) is 2.93. The number of carbonyl (C=O) groups excluding carboxylic acids is 3. The van der Waals surface area contributed by atoms with E-state index in [9.17, 15) is 14.4 Å². The second kappa shape index (κ2) is 7.16. The number of hydrogen-bond acceptors (Lipinski definition) is 5. The predicted molar refractivity (Wildman–Crippen MR) is 111 cm³/mol. The van der Waals surface area contributed by atoms with Crippen molar-refractivity contribution < 1.29 is 23.9 Å². The van der Waals surface area contributed by atoms with E-state index in [1.54, 1.807) is 57.5 Å². The van der Waals surface area contributed by atoms with Crippen molar-refractivity contribution in [2.24, 2.45) is 17.3 Å². The summed E-state index contributed by atoms with van der Waals surface area (Å²) in [5.41, 5.74) is 0.726. The number of ketones is 1. The van der Waals surface area contributed by atoms with Crippen molar-refractivity contribution in [1.29, 1.82) is 0 Å². The standard InChI is InChI=1S/C23H24N2O5/c1-12(13-9-10-16(29-3)17(11-13)30-4)24-21(27)18-19-22(28)25-15-8-6-5-7-14(15)20(26)23(18,19)2/h5-12,18-19H,1-4H3,(H,24,27)(H,25,28)/t12-,18+,19+,23-/m1/s1. The zero-order chi connectivity index (χ0) is 21.6. The Balaban J connectivity index is 1.55. The van der Waals surface area contributed by atoms with Gasteiger partial charge in [-0.25, -0.2) is 0 Å². The number of para-hydroxylation sites is 1. The Bertz CT molecular complexity index is 1050. The van der Waals surface area contributed by atoms with Crippen molar-refractivity contribution in [3.63, 3.8) is 0 Å². The molecule has 7 nitrogen and oxygen atoms in total. The molecule has 0 radical (unpaired) electrons. The molecule has 2 amide bonds. The van der Waals surface area contributed by atoms with E-state index in [4.69, 9.17) is 9.47 Å². The fourth-order valence-corrected chi connectivity index (χ4v) is 4.44. The van der Waals surface area contributed by atoms with Crippen LogP contribution in [0.4, 0.5) is 5.69 Å². The quantitative estimate of drug-likeness (QED) is 0.793. The fraction of sp³-hybridized carbons (Fsp3) is 0.348. The molecule has 4 rings (SSSR count). The lowest BCUT2D eigenvalue weighted by molar-refractivity contribution is -0.125. The number of nitrogens with one attached hydrogen (secondary N) is 2. The number of ether oxygens (including phenoxy) is 2. The van der Waals surface area contributed by atoms with Crippen LogP contribution in [-0.4, -0.2) is 31.8 Å². The largest absolute Gasteiger partial charge is 0.493 e. The van der Waals surface area contributed by atoms with Gasteiger partial charge in [0.15, 0.2) is 17.3 Å². The van der Waals surface area contributed by atoms with E-state index >= 15 is 0 Å². The second-order valence-electron chi connectivity index (χ2n) is 7.95. The number of benzene rings is 2. The molecule has 2 aromatic carbocycles. The summed E-state index contributed by atoms with van der Waals surface area (Å²) in [6.45, 7) is 3.55. The topological polar surface area (TPSA) is 93.7 Å². The van der Waals surface area contributed by atoms with Gasteiger partial charge >= 0.3 is 0 Å². The van der Waals surface area contributed by atoms with Crippen LogP contribution in [-0.2, 0) is 9.59 Å². The maximum atomic E-state index is 13.2. The predicted octanol–water partition coefficient (Wildman–Crippen LogP) is 2.97. The Hall–Kier alpha value is -3.35. The third-order valence-corrected chi connectivity index (χ3v) is 6.27. The molecule has 1 aliphatic carbocycles. The molecule has 1 heterocycles. The van der Waals surface area contributed by atoms with Crippen molar-refractivity contribution >= 4 is 23.3 Å². The monoisotopic (exact) mass is 408 g/mol. The number of amides is 2. The average Bonchev–Trinajstić information content (AvgIpc) is 3.41. The fourth-order valence-electron chi connectivity index (χ4n) is 4.44. The normalized spacial score (nSPS) is 25.2. The molecule has 1 fully saturated rings. The maximum Gasteiger partial charge on any atom is 0.229 e. The molecular weight excluding hydrogens is 384 g/mol. The smallest absolute Gasteiger partial charge is 0.229 e. The molecule has 156 valence electrons. The molecule has 30 heavy (non-hydrogen) atoms. The highest BCUT2D eigenvalue weighted by atomic mass is 16.5. The summed E-state index contributed by atoms with van der Waals surface area (Å²) in [6.07, 6.45) is 0. The molecule has 7 heteroatoms. The van der Waals surface area contributed by atoms with Crippen molar-refractivity contribution in [2.45, 2.75) is 19.9 Å². The molecule has 0 unspecified atom stereocenters. The van der Waals surface area contributed by atoms with Crippen molar-refractivity contribution in [1.82, 2.24) is 5.32 Å². The molecular formula is C23H24N2O5. The van der Waals surface area contributed by atoms with Crippen LogP contribution >= 0.6 is 0 Å². The van der Waals surface area contributed by atoms with Gasteiger partial charge in [-0.05, 0) is 36.8 Å². The van der Waals surface area contributed by atoms with Gasteiger partial charge in [0.25, 0.3) is 0 Å². The van der Waals surface area contributed by atoms with Crippen LogP contribution in [0.2, 0.25) is 0 Å². The molecule has 1 saturated carbocycles. The van der Waals surface area contributed by atoms with Crippen LogP contribution < -0.4 is 20.1 Å². The highest BCUT2D eigenvalue weighted by molar-refractivity contribution is 6.19. The van der Waals surface area contributed by atoms with Gasteiger partial charge in [-0.2, -0.15) is 0 Å². The van der Waals surface area contributed by atoms with Crippen LogP contribution in [0.15, 0.2) is 42.5 Å². The minimum absolute atomic E-state index is 0.180. The maximum absolute atomic E-state index is 13.2. The first-order valence-corrected chi connectivity index (χ1v) is 9.80. The van der Waals surface area contributed by atoms with E-state index in [1.807, 2.05) is 13.0 Å². The molecule has 2 aromatic rings. The van der Waals surface area contributed by atoms with Crippen molar-refractivity contribution in [3.05, 3.63) is 53.6 Å². The lowest BCUT2D eigenvalue weighted by atomic mass is 9.92. The Morgan fingerprint density at radius 1 is 1.10 bits per heavy atom. The summed E-state index contributed by atoms with van der Waals surface area (Å²) >= 11 is 0. The van der Waals surface area contributed by atoms with E-state index in [1.165, 1.54) is 0 Å². The van der Waals surface area contributed by atoms with Gasteiger partial charge in [-0.15, -0.1) is 0 Å². The molecule has 1 aliphatic heterocycles. The first-order chi connectivity index (χ1) is 14.3. The van der Waals surface area contributed by atoms with Gasteiger partial charge in [0.1, 0.15) is 0 Å². The first kappa shape index (κ1) is 19.9. The van der Waals surface area contributed by atoms with Gasteiger partial charge in [0.05, 0.1) is 43.2 Å². The van der Waals surface area contributed by atoms with Gasteiger partial charge in [-0.1, -0.05) is 25.1 Å². The van der Waals surface area contributed by atoms with E-state index < -0.39 is 17.3 Å². The molecule has 0 aromatic heterocycles. The molecule has 4 atom stereocenters. The summed E-state index contributed by atoms with van der Waals surface area (Å²) in [5, 5.41) is 5.74. The van der Waals surface area contributed by atoms with Crippen LogP contribution in [0.1, 0.15) is 35.8 Å². The Morgan fingerprint density at radius 2 is 1.80 bits per heavy atom. The molecule has 2 aliphatic rings. The Morgan fingerprint density at radius 3 is 2.50 bits per heavy atom. The zero-order valence-electron chi connectivity index (χ0n) is 17.3. The van der Waals surface area contributed by atoms with E-state index in [2.05, 4.69) is 10.6 Å². The van der Waals surface area contributed by atoms with Gasteiger partial charge < -0.3 is 20.1 Å². The molecule has 0 bridgehead atoms. The highest BCUT2D eigenvalue weighted by Gasteiger charge is 2.73. The second-order valence-corrected chi connectivity index (χ2v) is 7.95. The van der Waals surface area contributed by atoms with E-state index in [-0.39, 0.29) is 23.6 Å². The lowest BCUT2D eigenvalue weighted by Crippen LogP contribution is -2.32. The van der Waals surface area contributed by atoms with Crippen LogP contribution in [0, 0.1) is 17.3 Å². The highest BCUT2D eigenvalue weighted by Crippen LogP contribution is 2.62. The van der Waals surface area contributed by atoms with Gasteiger partial charge in [0, 0.05) is 5.56 Å². The van der Waals surface area contributed by atoms with E-state index in [0.717, 1.165) is 5.56 Å². The summed E-state index contributed by atoms with van der Waals surface area (Å²) in [6, 6.07) is 12.0. The summed E-state index contributed by atoms with van der Waals surface area (Å²) in [5.74, 6) is -1.03. The Kier molecular flexibility index (Phi) is 4.76. The Labute approximate surface area is 174 Å². The lowest BCUT2D eigenvalue weighted by Gasteiger charge is -2.18. The zero-order valence-corrected chi connectivity index (χ0v) is 17.3. The van der Waals surface area contributed by atoms with E-state index in [0.29, 0.717) is 22.7 Å². The number of methoxy groups -OCH3 is 2. The molecule has 2 N–H and O–H groups in total. The number of fused-ring (bicyclic) bond motifs is 2. The number of rotatable bonds is 5. The summed E-state index contributed by atoms with van der Waals surface area (Å²) in [4.78, 5) is 38.9. The van der Waals surface area contributed by atoms with Gasteiger partial charge in [0.2, 0.25) is 11.8 Å². The summed E-state index contributed by atoms with van der Waals surface area (Å²) < 4.78 is 10.6. The summed E-state index contributed by atoms with van der Waals surface area (Å²) in [7, 11) is 3.10. The minimum Gasteiger partial charge on any atom is -0.493 e. The average molecular weight is 408 g/mol. The van der Waals surface area contributed by atoms with Gasteiger partial charge in [-0.3, -0.25) is 14.4 Å². The first-order valence-electron chi connectivity index (χ1n) is 9.80. The van der Waals surface area contributed by atoms with Crippen LogP contribution in [0.3, 0.4) is 0 Å². The van der Waals surface area contributed by atoms with Crippen LogP contribution in [0.5, 0.6) is 11.5 Å². The number of hydrogen-bond donors (Lipinski definition) is 2. The third-order valence-electron chi connectivity index (χ3n) is 6.27. The van der Waals surface area contributed by atoms with Crippen molar-refractivity contribution in [2.75, 3.05) is 19.5 Å². The van der Waals surface area contributed by atoms with Crippen LogP contribution in [0.25, 0.3) is 0 Å². The minimum atomic E-state index is -1.04. The number of anilines is 1. The molecule has 0 spiro atoms.